The molecule has 8 nitrogen and oxygen atoms in total. The Morgan fingerprint density at radius 1 is 1.08 bits per heavy atom. The van der Waals surface area contributed by atoms with Crippen LogP contribution in [0.1, 0.15) is 17.1 Å². The fourth-order valence-corrected chi connectivity index (χ4v) is 5.35. The number of hydrogen-bond acceptors (Lipinski definition) is 7. The fraction of sp³-hybridized carbons (Fsp3) is 0.167. The summed E-state index contributed by atoms with van der Waals surface area (Å²) in [5.41, 5.74) is 0.0124. The molecule has 0 bridgehead atoms. The van der Waals surface area contributed by atoms with Crippen LogP contribution in [0.25, 0.3) is 15.9 Å². The van der Waals surface area contributed by atoms with Crippen LogP contribution in [-0.4, -0.2) is 31.0 Å². The summed E-state index contributed by atoms with van der Waals surface area (Å²) in [6.07, 6.45) is -3.05. The lowest BCUT2D eigenvalue weighted by Gasteiger charge is -2.13. The maximum atomic E-state index is 13.4. The van der Waals surface area contributed by atoms with Crippen LogP contribution in [0.2, 0.25) is 0 Å². The first-order chi connectivity index (χ1) is 17.8. The van der Waals surface area contributed by atoms with Crippen molar-refractivity contribution < 1.29 is 22.4 Å². The highest BCUT2D eigenvalue weighted by molar-refractivity contribution is 7.99. The summed E-state index contributed by atoms with van der Waals surface area (Å²) >= 11 is 2.09. The Kier molecular flexibility index (Phi) is 6.89. The molecule has 1 amide bonds. The minimum absolute atomic E-state index is 0.0165. The van der Waals surface area contributed by atoms with E-state index in [1.807, 2.05) is 12.1 Å². The molecule has 0 atom stereocenters. The predicted molar refractivity (Wildman–Crippen MR) is 133 cm³/mol. The van der Waals surface area contributed by atoms with E-state index in [2.05, 4.69) is 15.5 Å². The highest BCUT2D eigenvalue weighted by Gasteiger charge is 2.31. The number of fused-ring (bicyclic) bond motifs is 1. The first-order valence-corrected chi connectivity index (χ1v) is 12.7. The largest absolute Gasteiger partial charge is 0.467 e. The van der Waals surface area contributed by atoms with E-state index < -0.39 is 11.7 Å². The van der Waals surface area contributed by atoms with Gasteiger partial charge in [-0.15, -0.1) is 10.2 Å². The molecule has 0 unspecified atom stereocenters. The van der Waals surface area contributed by atoms with E-state index in [1.165, 1.54) is 27.5 Å². The number of hydrogen-bond donors (Lipinski definition) is 1. The summed E-state index contributed by atoms with van der Waals surface area (Å²) in [7, 11) is 0. The second kappa shape index (κ2) is 10.3. The first kappa shape index (κ1) is 24.8. The molecule has 3 heterocycles. The smallest absolute Gasteiger partial charge is 0.416 e. The molecular formula is C24H18F3N5O3S2. The molecule has 190 valence electrons. The lowest BCUT2D eigenvalue weighted by Crippen LogP contribution is -2.24. The number of benzene rings is 2. The third-order valence-electron chi connectivity index (χ3n) is 5.38. The van der Waals surface area contributed by atoms with Crippen molar-refractivity contribution in [2.45, 2.75) is 24.4 Å². The summed E-state index contributed by atoms with van der Waals surface area (Å²) in [6, 6.07) is 15.4. The molecular weight excluding hydrogens is 527 g/mol. The van der Waals surface area contributed by atoms with E-state index in [9.17, 15) is 22.8 Å². The molecule has 0 aliphatic heterocycles. The second-order valence-corrected chi connectivity index (χ2v) is 9.78. The summed E-state index contributed by atoms with van der Waals surface area (Å²) in [6.45, 7) is 0.184. The number of alkyl halides is 3. The number of carbonyl (C=O) groups excluding carboxylic acids is 1. The molecule has 13 heteroatoms. The Balaban J connectivity index is 1.47. The second-order valence-electron chi connectivity index (χ2n) is 7.85. The number of halogens is 3. The van der Waals surface area contributed by atoms with Gasteiger partial charge < -0.3 is 9.73 Å². The number of aromatic nitrogens is 4. The molecule has 5 rings (SSSR count). The van der Waals surface area contributed by atoms with E-state index in [-0.39, 0.29) is 46.3 Å². The van der Waals surface area contributed by atoms with Gasteiger partial charge in [-0.25, -0.2) is 0 Å². The molecule has 0 radical (unpaired) electrons. The van der Waals surface area contributed by atoms with Gasteiger partial charge in [-0.2, -0.15) is 13.2 Å². The van der Waals surface area contributed by atoms with Crippen LogP contribution in [0, 0.1) is 0 Å². The monoisotopic (exact) mass is 545 g/mol. The minimum atomic E-state index is -4.55. The van der Waals surface area contributed by atoms with Crippen molar-refractivity contribution in [1.82, 2.24) is 24.6 Å². The Morgan fingerprint density at radius 3 is 2.70 bits per heavy atom. The van der Waals surface area contributed by atoms with Crippen molar-refractivity contribution in [3.8, 4) is 5.69 Å². The quantitative estimate of drug-likeness (QED) is 0.284. The number of thiazole rings is 1. The van der Waals surface area contributed by atoms with Gasteiger partial charge in [-0.1, -0.05) is 41.3 Å². The zero-order chi connectivity index (χ0) is 26.0. The number of furan rings is 1. The first-order valence-electron chi connectivity index (χ1n) is 10.9. The molecule has 5 aromatic rings. The summed E-state index contributed by atoms with van der Waals surface area (Å²) in [4.78, 5) is 24.8. The van der Waals surface area contributed by atoms with Crippen LogP contribution >= 0.6 is 23.1 Å². The van der Waals surface area contributed by atoms with E-state index >= 15 is 0 Å². The number of rotatable bonds is 8. The van der Waals surface area contributed by atoms with Gasteiger partial charge in [-0.3, -0.25) is 18.7 Å². The van der Waals surface area contributed by atoms with Crippen LogP contribution in [0.4, 0.5) is 13.2 Å². The van der Waals surface area contributed by atoms with Gasteiger partial charge in [-0.05, 0) is 42.5 Å². The molecule has 0 saturated carbocycles. The molecule has 0 spiro atoms. The molecule has 0 aliphatic carbocycles. The lowest BCUT2D eigenvalue weighted by molar-refractivity contribution is -0.137. The van der Waals surface area contributed by atoms with Crippen molar-refractivity contribution in [3.05, 3.63) is 93.7 Å². The Hall–Kier alpha value is -3.84. The molecule has 3 aromatic heterocycles. The van der Waals surface area contributed by atoms with Gasteiger partial charge in [0.1, 0.15) is 5.76 Å². The Morgan fingerprint density at radius 2 is 1.92 bits per heavy atom. The summed E-state index contributed by atoms with van der Waals surface area (Å²) in [5, 5.41) is 11.2. The summed E-state index contributed by atoms with van der Waals surface area (Å²) < 4.78 is 49.3. The van der Waals surface area contributed by atoms with Crippen molar-refractivity contribution >= 4 is 39.2 Å². The minimum Gasteiger partial charge on any atom is -0.467 e. The average molecular weight is 546 g/mol. The van der Waals surface area contributed by atoms with Crippen LogP contribution in [-0.2, 0) is 24.1 Å². The topological polar surface area (TPSA) is 95.0 Å². The predicted octanol–water partition coefficient (Wildman–Crippen LogP) is 4.71. The Bertz CT molecular complexity index is 1610. The molecule has 0 fully saturated rings. The van der Waals surface area contributed by atoms with Crippen molar-refractivity contribution in [1.29, 1.82) is 0 Å². The zero-order valence-corrected chi connectivity index (χ0v) is 20.6. The molecule has 2 aromatic carbocycles. The normalized spacial score (nSPS) is 11.8. The molecule has 0 saturated heterocycles. The fourth-order valence-electron chi connectivity index (χ4n) is 3.66. The third kappa shape index (κ3) is 5.47. The highest BCUT2D eigenvalue weighted by Crippen LogP contribution is 2.32. The highest BCUT2D eigenvalue weighted by atomic mass is 32.2. The number of para-hydroxylation sites is 1. The van der Waals surface area contributed by atoms with Crippen LogP contribution in [0.3, 0.4) is 0 Å². The number of thioether (sulfide) groups is 1. The van der Waals surface area contributed by atoms with Crippen LogP contribution < -0.4 is 10.2 Å². The van der Waals surface area contributed by atoms with Gasteiger partial charge in [0.15, 0.2) is 11.0 Å². The van der Waals surface area contributed by atoms with Gasteiger partial charge in [0.05, 0.1) is 46.6 Å². The van der Waals surface area contributed by atoms with Gasteiger partial charge in [0, 0.05) is 0 Å². The Labute approximate surface area is 215 Å². The van der Waals surface area contributed by atoms with Gasteiger partial charge >= 0.3 is 11.0 Å². The number of amides is 1. The standard InChI is InChI=1S/C24H18F3N5O3S2/c25-24(26,27)15-5-3-6-16(11-15)32-20(13-31-18-8-1-2-9-19(18)37-23(31)34)29-30-22(32)36-14-21(33)28-12-17-7-4-10-35-17/h1-11H,12-14H2,(H,28,33). The van der Waals surface area contributed by atoms with E-state index in [0.29, 0.717) is 11.3 Å². The third-order valence-corrected chi connectivity index (χ3v) is 7.27. The van der Waals surface area contributed by atoms with Gasteiger partial charge in [0.2, 0.25) is 5.91 Å². The summed E-state index contributed by atoms with van der Waals surface area (Å²) in [5.74, 6) is 0.463. The van der Waals surface area contributed by atoms with Crippen LogP contribution in [0.15, 0.2) is 81.3 Å². The molecule has 0 aliphatic rings. The van der Waals surface area contributed by atoms with Crippen molar-refractivity contribution in [2.75, 3.05) is 5.75 Å². The van der Waals surface area contributed by atoms with Crippen molar-refractivity contribution in [3.63, 3.8) is 0 Å². The zero-order valence-electron chi connectivity index (χ0n) is 18.9. The van der Waals surface area contributed by atoms with E-state index in [4.69, 9.17) is 4.42 Å². The maximum Gasteiger partial charge on any atom is 0.416 e. The molecule has 1 N–H and O–H groups in total. The average Bonchev–Trinajstić information content (AvgIpc) is 3.61. The van der Waals surface area contributed by atoms with E-state index in [0.717, 1.165) is 39.9 Å². The maximum absolute atomic E-state index is 13.4. The van der Waals surface area contributed by atoms with E-state index in [1.54, 1.807) is 24.3 Å². The van der Waals surface area contributed by atoms with Crippen LogP contribution in [0.5, 0.6) is 0 Å². The van der Waals surface area contributed by atoms with Gasteiger partial charge in [0.25, 0.3) is 0 Å². The molecule has 37 heavy (non-hydrogen) atoms. The number of carbonyl (C=O) groups is 1. The lowest BCUT2D eigenvalue weighted by atomic mass is 10.2. The SMILES string of the molecule is O=C(CSc1nnc(Cn2c(=O)sc3ccccc32)n1-c1cccc(C(F)(F)F)c1)NCc1ccco1. The number of nitrogens with zero attached hydrogens (tertiary/aromatic N) is 4. The number of nitrogens with one attached hydrogen (secondary N) is 1. The van der Waals surface area contributed by atoms with Crippen molar-refractivity contribution in [2.24, 2.45) is 0 Å².